The number of nitrogens with one attached hydrogen (secondary N) is 1. The molecular weight excluding hydrogens is 294 g/mol. The molecule has 0 bridgehead atoms. The Kier molecular flexibility index (Phi) is 5.07. The van der Waals surface area contributed by atoms with Crippen molar-refractivity contribution in [2.75, 3.05) is 0 Å². The summed E-state index contributed by atoms with van der Waals surface area (Å²) in [5, 5.41) is 6.01. The fourth-order valence-corrected chi connectivity index (χ4v) is 4.66. The zero-order valence-electron chi connectivity index (χ0n) is 10.7. The first-order valence-corrected chi connectivity index (χ1v) is 8.38. The van der Waals surface area contributed by atoms with Crippen molar-refractivity contribution in [3.8, 4) is 0 Å². The lowest BCUT2D eigenvalue weighted by Gasteiger charge is -2.33. The molecule has 96 valence electrons. The average Bonchev–Trinajstić information content (AvgIpc) is 2.76. The van der Waals surface area contributed by atoms with Gasteiger partial charge >= 0.3 is 0 Å². The summed E-state index contributed by atoms with van der Waals surface area (Å²) < 4.78 is 1.26. The van der Waals surface area contributed by atoms with Crippen LogP contribution in [0.3, 0.4) is 0 Å². The molecule has 1 aliphatic carbocycles. The van der Waals surface area contributed by atoms with E-state index in [1.54, 1.807) is 0 Å². The predicted octanol–water partition coefficient (Wildman–Crippen LogP) is 5.13. The Labute approximate surface area is 117 Å². The van der Waals surface area contributed by atoms with Crippen LogP contribution in [0.1, 0.15) is 56.9 Å². The van der Waals surface area contributed by atoms with Crippen molar-refractivity contribution in [2.45, 2.75) is 58.0 Å². The fourth-order valence-electron chi connectivity index (χ4n) is 2.93. The van der Waals surface area contributed by atoms with Gasteiger partial charge in [0, 0.05) is 21.4 Å². The molecule has 0 saturated heterocycles. The first-order valence-electron chi connectivity index (χ1n) is 6.71. The minimum atomic E-state index is 0.474. The largest absolute Gasteiger partial charge is 0.306 e. The van der Waals surface area contributed by atoms with Crippen molar-refractivity contribution in [1.82, 2.24) is 5.32 Å². The molecule has 1 heterocycles. The lowest BCUT2D eigenvalue weighted by atomic mass is 9.82. The van der Waals surface area contributed by atoms with Gasteiger partial charge in [0.1, 0.15) is 0 Å². The molecule has 0 amide bonds. The second kappa shape index (κ2) is 6.35. The summed E-state index contributed by atoms with van der Waals surface area (Å²) in [5.41, 5.74) is 0. The highest BCUT2D eigenvalue weighted by Gasteiger charge is 2.25. The summed E-state index contributed by atoms with van der Waals surface area (Å²) in [5.74, 6) is 0.880. The van der Waals surface area contributed by atoms with Gasteiger partial charge in [-0.05, 0) is 53.1 Å². The molecule has 1 aliphatic rings. The average molecular weight is 316 g/mol. The normalized spacial score (nSPS) is 27.0. The van der Waals surface area contributed by atoms with Gasteiger partial charge in [0.2, 0.25) is 0 Å². The van der Waals surface area contributed by atoms with Crippen molar-refractivity contribution < 1.29 is 0 Å². The van der Waals surface area contributed by atoms with E-state index in [9.17, 15) is 0 Å². The summed E-state index contributed by atoms with van der Waals surface area (Å²) in [7, 11) is 0. The molecule has 3 unspecified atom stereocenters. The van der Waals surface area contributed by atoms with Gasteiger partial charge in [-0.1, -0.05) is 26.2 Å². The van der Waals surface area contributed by atoms with Crippen molar-refractivity contribution in [3.05, 3.63) is 20.8 Å². The number of halogens is 1. The smallest absolute Gasteiger partial charge is 0.0399 e. The highest BCUT2D eigenvalue weighted by Crippen LogP contribution is 2.32. The third-order valence-electron chi connectivity index (χ3n) is 3.94. The van der Waals surface area contributed by atoms with Gasteiger partial charge in [0.15, 0.2) is 0 Å². The predicted molar refractivity (Wildman–Crippen MR) is 79.6 cm³/mol. The minimum absolute atomic E-state index is 0.474. The molecule has 1 nitrogen and oxygen atoms in total. The topological polar surface area (TPSA) is 12.0 Å². The Balaban J connectivity index is 1.97. The van der Waals surface area contributed by atoms with Crippen LogP contribution in [0.15, 0.2) is 15.9 Å². The highest BCUT2D eigenvalue weighted by molar-refractivity contribution is 9.10. The van der Waals surface area contributed by atoms with Gasteiger partial charge in [-0.2, -0.15) is 0 Å². The minimum Gasteiger partial charge on any atom is -0.306 e. The van der Waals surface area contributed by atoms with Gasteiger partial charge in [-0.25, -0.2) is 0 Å². The molecule has 0 aromatic carbocycles. The molecule has 1 fully saturated rings. The van der Waals surface area contributed by atoms with Crippen LogP contribution < -0.4 is 5.32 Å². The molecule has 1 aromatic rings. The van der Waals surface area contributed by atoms with Crippen molar-refractivity contribution in [1.29, 1.82) is 0 Å². The van der Waals surface area contributed by atoms with Crippen molar-refractivity contribution in [3.63, 3.8) is 0 Å². The Morgan fingerprint density at radius 2 is 2.24 bits per heavy atom. The van der Waals surface area contributed by atoms with Crippen LogP contribution in [0, 0.1) is 5.92 Å². The summed E-state index contributed by atoms with van der Waals surface area (Å²) in [4.78, 5) is 1.44. The molecule has 0 radical (unpaired) electrons. The molecule has 1 saturated carbocycles. The van der Waals surface area contributed by atoms with Crippen LogP contribution in [0.25, 0.3) is 0 Å². The summed E-state index contributed by atoms with van der Waals surface area (Å²) in [6, 6.07) is 3.34. The van der Waals surface area contributed by atoms with Crippen LogP contribution >= 0.6 is 27.3 Å². The molecular formula is C14H22BrNS. The molecule has 0 aliphatic heterocycles. The van der Waals surface area contributed by atoms with Crippen LogP contribution in [-0.4, -0.2) is 6.04 Å². The fraction of sp³-hybridized carbons (Fsp3) is 0.714. The molecule has 2 rings (SSSR count). The van der Waals surface area contributed by atoms with E-state index in [2.05, 4.69) is 46.5 Å². The quantitative estimate of drug-likeness (QED) is 0.812. The maximum Gasteiger partial charge on any atom is 0.0399 e. The standard InChI is InChI=1S/C14H22BrNS/c1-3-11-6-4-5-7-13(11)16-10(2)14-12(15)8-9-17-14/h8-11,13,16H,3-7H2,1-2H3. The second-order valence-corrected chi connectivity index (χ2v) is 6.88. The van der Waals surface area contributed by atoms with E-state index in [0.717, 1.165) is 12.0 Å². The second-order valence-electron chi connectivity index (χ2n) is 5.08. The monoisotopic (exact) mass is 315 g/mol. The Morgan fingerprint density at radius 3 is 2.88 bits per heavy atom. The van der Waals surface area contributed by atoms with Gasteiger partial charge in [-0.3, -0.25) is 0 Å². The van der Waals surface area contributed by atoms with Crippen LogP contribution in [0.5, 0.6) is 0 Å². The van der Waals surface area contributed by atoms with E-state index in [-0.39, 0.29) is 0 Å². The number of hydrogen-bond acceptors (Lipinski definition) is 2. The van der Waals surface area contributed by atoms with E-state index >= 15 is 0 Å². The third-order valence-corrected chi connectivity index (χ3v) is 5.99. The van der Waals surface area contributed by atoms with E-state index in [4.69, 9.17) is 0 Å². The number of rotatable bonds is 4. The van der Waals surface area contributed by atoms with Crippen LogP contribution in [0.4, 0.5) is 0 Å². The third kappa shape index (κ3) is 3.33. The number of hydrogen-bond donors (Lipinski definition) is 1. The Bertz CT molecular complexity index is 350. The SMILES string of the molecule is CCC1CCCCC1NC(C)c1sccc1Br. The summed E-state index contributed by atoms with van der Waals surface area (Å²) in [6.45, 7) is 4.62. The zero-order valence-corrected chi connectivity index (χ0v) is 13.1. The van der Waals surface area contributed by atoms with Gasteiger partial charge in [-0.15, -0.1) is 11.3 Å². The van der Waals surface area contributed by atoms with Crippen LogP contribution in [-0.2, 0) is 0 Å². The van der Waals surface area contributed by atoms with Gasteiger partial charge < -0.3 is 5.32 Å². The van der Waals surface area contributed by atoms with Crippen LogP contribution in [0.2, 0.25) is 0 Å². The maximum atomic E-state index is 3.84. The first kappa shape index (κ1) is 13.6. The Morgan fingerprint density at radius 1 is 1.47 bits per heavy atom. The van der Waals surface area contributed by atoms with Crippen molar-refractivity contribution in [2.24, 2.45) is 5.92 Å². The maximum absolute atomic E-state index is 3.84. The molecule has 3 atom stereocenters. The van der Waals surface area contributed by atoms with Crippen molar-refractivity contribution >= 4 is 27.3 Å². The van der Waals surface area contributed by atoms with Gasteiger partial charge in [0.05, 0.1) is 0 Å². The summed E-state index contributed by atoms with van der Waals surface area (Å²) >= 11 is 5.48. The lowest BCUT2D eigenvalue weighted by molar-refractivity contribution is 0.241. The summed E-state index contributed by atoms with van der Waals surface area (Å²) in [6.07, 6.45) is 6.90. The van der Waals surface area contributed by atoms with E-state index in [1.165, 1.54) is 41.5 Å². The molecule has 0 spiro atoms. The first-order chi connectivity index (χ1) is 8.22. The zero-order chi connectivity index (χ0) is 12.3. The van der Waals surface area contributed by atoms with Gasteiger partial charge in [0.25, 0.3) is 0 Å². The molecule has 17 heavy (non-hydrogen) atoms. The Hall–Kier alpha value is 0.140. The molecule has 1 aromatic heterocycles. The van der Waals surface area contributed by atoms with E-state index < -0.39 is 0 Å². The number of thiophene rings is 1. The highest BCUT2D eigenvalue weighted by atomic mass is 79.9. The lowest BCUT2D eigenvalue weighted by Crippen LogP contribution is -2.39. The molecule has 1 N–H and O–H groups in total. The molecule has 3 heteroatoms. The van der Waals surface area contributed by atoms with E-state index in [1.807, 2.05) is 11.3 Å². The van der Waals surface area contributed by atoms with E-state index in [0.29, 0.717) is 6.04 Å².